The predicted molar refractivity (Wildman–Crippen MR) is 85.9 cm³/mol. The first-order valence-corrected chi connectivity index (χ1v) is 7.75. The number of benzene rings is 1. The van der Waals surface area contributed by atoms with E-state index in [1.165, 1.54) is 44.7 Å². The summed E-state index contributed by atoms with van der Waals surface area (Å²) in [5.74, 6) is 0. The van der Waals surface area contributed by atoms with E-state index in [1.807, 2.05) is 0 Å². The number of rotatable bonds is 6. The lowest BCUT2D eigenvalue weighted by Crippen LogP contribution is -2.47. The number of hydrogen-bond donors (Lipinski definition) is 1. The van der Waals surface area contributed by atoms with Crippen LogP contribution in [0.3, 0.4) is 0 Å². The van der Waals surface area contributed by atoms with Gasteiger partial charge in [-0.25, -0.2) is 0 Å². The Labute approximate surface area is 124 Å². The monoisotopic (exact) mass is 275 g/mol. The zero-order chi connectivity index (χ0) is 14.4. The van der Waals surface area contributed by atoms with Gasteiger partial charge >= 0.3 is 0 Å². The lowest BCUT2D eigenvalue weighted by atomic mass is 9.99. The SMILES string of the molecule is CN1CCN(CCC(C)(C)NCc2ccccc2)CC1. The summed E-state index contributed by atoms with van der Waals surface area (Å²) in [5, 5.41) is 3.69. The molecule has 112 valence electrons. The molecule has 1 saturated heterocycles. The maximum Gasteiger partial charge on any atom is 0.0210 e. The highest BCUT2D eigenvalue weighted by Crippen LogP contribution is 2.12. The van der Waals surface area contributed by atoms with Gasteiger partial charge in [0.15, 0.2) is 0 Å². The van der Waals surface area contributed by atoms with Crippen molar-refractivity contribution in [3.05, 3.63) is 35.9 Å². The standard InChI is InChI=1S/C17H29N3/c1-17(2,18-15-16-7-5-4-6-8-16)9-10-20-13-11-19(3)12-14-20/h4-8,18H,9-15H2,1-3H3. The van der Waals surface area contributed by atoms with E-state index in [4.69, 9.17) is 0 Å². The summed E-state index contributed by atoms with van der Waals surface area (Å²) >= 11 is 0. The van der Waals surface area contributed by atoms with Crippen molar-refractivity contribution in [1.82, 2.24) is 15.1 Å². The molecule has 1 heterocycles. The van der Waals surface area contributed by atoms with Crippen LogP contribution < -0.4 is 5.32 Å². The van der Waals surface area contributed by atoms with Crippen molar-refractivity contribution in [1.29, 1.82) is 0 Å². The molecule has 3 nitrogen and oxygen atoms in total. The second-order valence-corrected chi connectivity index (χ2v) is 6.62. The van der Waals surface area contributed by atoms with Crippen molar-refractivity contribution in [2.24, 2.45) is 0 Å². The van der Waals surface area contributed by atoms with Gasteiger partial charge < -0.3 is 15.1 Å². The molecule has 3 heteroatoms. The molecule has 1 aromatic rings. The molecule has 0 bridgehead atoms. The molecule has 0 unspecified atom stereocenters. The molecule has 1 aliphatic heterocycles. The normalized spacial score (nSPS) is 18.4. The van der Waals surface area contributed by atoms with Gasteiger partial charge in [-0.05, 0) is 39.4 Å². The summed E-state index contributed by atoms with van der Waals surface area (Å²) in [6.07, 6.45) is 1.20. The minimum Gasteiger partial charge on any atom is -0.308 e. The van der Waals surface area contributed by atoms with Crippen LogP contribution in [0.25, 0.3) is 0 Å². The number of likely N-dealkylation sites (N-methyl/N-ethyl adjacent to an activating group) is 1. The third-order valence-electron chi connectivity index (χ3n) is 4.26. The molecule has 0 amide bonds. The van der Waals surface area contributed by atoms with Gasteiger partial charge in [-0.15, -0.1) is 0 Å². The molecule has 0 saturated carbocycles. The molecule has 20 heavy (non-hydrogen) atoms. The molecular formula is C17H29N3. The third kappa shape index (κ3) is 5.23. The number of nitrogens with one attached hydrogen (secondary N) is 1. The Kier molecular flexibility index (Phi) is 5.58. The van der Waals surface area contributed by atoms with Crippen molar-refractivity contribution in [3.63, 3.8) is 0 Å². The van der Waals surface area contributed by atoms with Crippen LogP contribution in [0.2, 0.25) is 0 Å². The van der Waals surface area contributed by atoms with Gasteiger partial charge in [0, 0.05) is 38.3 Å². The fraction of sp³-hybridized carbons (Fsp3) is 0.647. The molecule has 1 aliphatic rings. The van der Waals surface area contributed by atoms with Crippen molar-refractivity contribution < 1.29 is 0 Å². The van der Waals surface area contributed by atoms with Crippen LogP contribution in [0.4, 0.5) is 0 Å². The molecule has 1 aromatic carbocycles. The van der Waals surface area contributed by atoms with Crippen LogP contribution >= 0.6 is 0 Å². The van der Waals surface area contributed by atoms with Gasteiger partial charge in [0.1, 0.15) is 0 Å². The van der Waals surface area contributed by atoms with Crippen LogP contribution in [0.5, 0.6) is 0 Å². The summed E-state index contributed by atoms with van der Waals surface area (Å²) in [7, 11) is 2.21. The first-order valence-electron chi connectivity index (χ1n) is 7.75. The van der Waals surface area contributed by atoms with Gasteiger partial charge in [0.2, 0.25) is 0 Å². The highest BCUT2D eigenvalue weighted by atomic mass is 15.2. The number of nitrogens with zero attached hydrogens (tertiary/aromatic N) is 2. The quantitative estimate of drug-likeness (QED) is 0.858. The van der Waals surface area contributed by atoms with E-state index in [0.717, 1.165) is 6.54 Å². The van der Waals surface area contributed by atoms with Gasteiger partial charge in [-0.1, -0.05) is 30.3 Å². The Morgan fingerprint density at radius 3 is 2.35 bits per heavy atom. The molecule has 1 fully saturated rings. The van der Waals surface area contributed by atoms with Crippen molar-refractivity contribution in [3.8, 4) is 0 Å². The largest absolute Gasteiger partial charge is 0.308 e. The molecule has 0 atom stereocenters. The smallest absolute Gasteiger partial charge is 0.0210 e. The highest BCUT2D eigenvalue weighted by Gasteiger charge is 2.20. The Morgan fingerprint density at radius 1 is 1.05 bits per heavy atom. The maximum absolute atomic E-state index is 3.69. The van der Waals surface area contributed by atoms with Crippen LogP contribution in [-0.2, 0) is 6.54 Å². The number of piperazine rings is 1. The average Bonchev–Trinajstić information content (AvgIpc) is 2.46. The summed E-state index contributed by atoms with van der Waals surface area (Å²) in [4.78, 5) is 5.00. The van der Waals surface area contributed by atoms with Gasteiger partial charge in [-0.2, -0.15) is 0 Å². The van der Waals surface area contributed by atoms with Gasteiger partial charge in [0.25, 0.3) is 0 Å². The molecule has 0 spiro atoms. The summed E-state index contributed by atoms with van der Waals surface area (Å²) in [6.45, 7) is 11.6. The van der Waals surface area contributed by atoms with Gasteiger partial charge in [0.05, 0.1) is 0 Å². The second-order valence-electron chi connectivity index (χ2n) is 6.62. The summed E-state index contributed by atoms with van der Waals surface area (Å²) in [6, 6.07) is 10.7. The van der Waals surface area contributed by atoms with Crippen LogP contribution in [0.1, 0.15) is 25.8 Å². The van der Waals surface area contributed by atoms with Crippen LogP contribution in [-0.4, -0.2) is 55.1 Å². The molecule has 0 aromatic heterocycles. The van der Waals surface area contributed by atoms with Gasteiger partial charge in [-0.3, -0.25) is 0 Å². The third-order valence-corrected chi connectivity index (χ3v) is 4.26. The fourth-order valence-electron chi connectivity index (χ4n) is 2.53. The van der Waals surface area contributed by atoms with E-state index in [9.17, 15) is 0 Å². The van der Waals surface area contributed by atoms with E-state index in [0.29, 0.717) is 0 Å². The zero-order valence-corrected chi connectivity index (χ0v) is 13.2. The lowest BCUT2D eigenvalue weighted by Gasteiger charge is -2.35. The van der Waals surface area contributed by atoms with E-state index < -0.39 is 0 Å². The molecule has 2 rings (SSSR count). The second kappa shape index (κ2) is 7.21. The maximum atomic E-state index is 3.69. The molecule has 1 N–H and O–H groups in total. The van der Waals surface area contributed by atoms with Crippen LogP contribution in [0.15, 0.2) is 30.3 Å². The summed E-state index contributed by atoms with van der Waals surface area (Å²) in [5.41, 5.74) is 1.55. The Hall–Kier alpha value is -0.900. The Balaban J connectivity index is 1.70. The Morgan fingerprint density at radius 2 is 1.70 bits per heavy atom. The minimum atomic E-state index is 0.194. The minimum absolute atomic E-state index is 0.194. The molecule has 0 radical (unpaired) electrons. The zero-order valence-electron chi connectivity index (χ0n) is 13.2. The lowest BCUT2D eigenvalue weighted by molar-refractivity contribution is 0.142. The summed E-state index contributed by atoms with van der Waals surface area (Å²) < 4.78 is 0. The topological polar surface area (TPSA) is 18.5 Å². The van der Waals surface area contributed by atoms with Crippen molar-refractivity contribution >= 4 is 0 Å². The highest BCUT2D eigenvalue weighted by molar-refractivity contribution is 5.14. The molecular weight excluding hydrogens is 246 g/mol. The molecule has 0 aliphatic carbocycles. The van der Waals surface area contributed by atoms with Crippen LogP contribution in [0, 0.1) is 0 Å². The van der Waals surface area contributed by atoms with E-state index in [2.05, 4.69) is 66.3 Å². The van der Waals surface area contributed by atoms with E-state index in [-0.39, 0.29) is 5.54 Å². The van der Waals surface area contributed by atoms with E-state index >= 15 is 0 Å². The average molecular weight is 275 g/mol. The Bertz CT molecular complexity index is 380. The fourth-order valence-corrected chi connectivity index (χ4v) is 2.53. The van der Waals surface area contributed by atoms with Crippen molar-refractivity contribution in [2.75, 3.05) is 39.8 Å². The first-order chi connectivity index (χ1) is 9.55. The van der Waals surface area contributed by atoms with Crippen molar-refractivity contribution in [2.45, 2.75) is 32.4 Å². The predicted octanol–water partition coefficient (Wildman–Crippen LogP) is 2.19. The number of hydrogen-bond acceptors (Lipinski definition) is 3. The van der Waals surface area contributed by atoms with E-state index in [1.54, 1.807) is 0 Å². The first kappa shape index (κ1) is 15.5.